The molecule has 0 saturated heterocycles. The van der Waals surface area contributed by atoms with Crippen LogP contribution < -0.4 is 4.72 Å². The van der Waals surface area contributed by atoms with Crippen molar-refractivity contribution in [1.82, 2.24) is 4.57 Å². The average Bonchev–Trinajstić information content (AvgIpc) is 3.17. The molecule has 7 rings (SSSR count). The summed E-state index contributed by atoms with van der Waals surface area (Å²) in [5.41, 5.74) is 1.82. The van der Waals surface area contributed by atoms with Crippen LogP contribution in [-0.4, -0.2) is 18.9 Å². The number of para-hydroxylation sites is 1. The molecule has 0 spiro atoms. The molecule has 32 heavy (non-hydrogen) atoms. The van der Waals surface area contributed by atoms with E-state index < -0.39 is 10.0 Å². The number of carbonyl (C=O) groups is 1. The third-order valence-corrected chi connectivity index (χ3v) is 9.38. The summed E-state index contributed by atoms with van der Waals surface area (Å²) in [5.74, 6) is 2.16. The number of fused-ring (bicyclic) bond motifs is 1. The summed E-state index contributed by atoms with van der Waals surface area (Å²) >= 11 is 0. The molecule has 1 heterocycles. The zero-order valence-corrected chi connectivity index (χ0v) is 19.1. The molecule has 4 fully saturated rings. The first kappa shape index (κ1) is 20.0. The maximum Gasteiger partial charge on any atom is 0.261 e. The van der Waals surface area contributed by atoms with Crippen LogP contribution in [0.4, 0.5) is 5.69 Å². The lowest BCUT2D eigenvalue weighted by Crippen LogP contribution is -2.51. The Hall–Kier alpha value is -2.60. The Kier molecular flexibility index (Phi) is 4.35. The fourth-order valence-electron chi connectivity index (χ4n) is 6.99. The van der Waals surface area contributed by atoms with Gasteiger partial charge in [0.15, 0.2) is 0 Å². The van der Waals surface area contributed by atoms with Crippen molar-refractivity contribution in [3.8, 4) is 0 Å². The topological polar surface area (TPSA) is 68.2 Å². The van der Waals surface area contributed by atoms with Gasteiger partial charge in [0.1, 0.15) is 0 Å². The minimum Gasteiger partial charge on any atom is -0.285 e. The minimum atomic E-state index is -3.76. The number of carbonyl (C=O) groups excluding carboxylic acids is 1. The molecule has 4 aliphatic rings. The number of aromatic nitrogens is 1. The molecule has 3 aromatic rings. The highest BCUT2D eigenvalue weighted by atomic mass is 32.2. The summed E-state index contributed by atoms with van der Waals surface area (Å²) in [7, 11) is -3.76. The number of hydrogen-bond donors (Lipinski definition) is 1. The Balaban J connectivity index is 1.40. The van der Waals surface area contributed by atoms with E-state index in [4.69, 9.17) is 0 Å². The molecule has 0 aliphatic heterocycles. The van der Waals surface area contributed by atoms with Crippen molar-refractivity contribution >= 4 is 32.5 Å². The van der Waals surface area contributed by atoms with Crippen LogP contribution in [0.1, 0.15) is 48.9 Å². The number of rotatable bonds is 4. The van der Waals surface area contributed by atoms with Crippen LogP contribution >= 0.6 is 0 Å². The van der Waals surface area contributed by atoms with Gasteiger partial charge in [0, 0.05) is 11.6 Å². The molecule has 4 aliphatic carbocycles. The summed E-state index contributed by atoms with van der Waals surface area (Å²) in [5, 5.41) is 0.868. The molecule has 2 aromatic carbocycles. The first-order valence-corrected chi connectivity index (χ1v) is 13.1. The Morgan fingerprint density at radius 1 is 0.938 bits per heavy atom. The first-order chi connectivity index (χ1) is 15.3. The second-order valence-corrected chi connectivity index (χ2v) is 12.0. The quantitative estimate of drug-likeness (QED) is 0.564. The normalized spacial score (nSPS) is 28.8. The van der Waals surface area contributed by atoms with Crippen molar-refractivity contribution in [3.05, 3.63) is 60.3 Å². The van der Waals surface area contributed by atoms with E-state index in [1.54, 1.807) is 34.9 Å². The number of hydrogen-bond acceptors (Lipinski definition) is 3. The molecule has 0 unspecified atom stereocenters. The number of aryl methyl sites for hydroxylation is 1. The molecule has 1 N–H and O–H groups in total. The molecular weight excluding hydrogens is 420 g/mol. The molecule has 0 atom stereocenters. The maximum absolute atomic E-state index is 14.0. The van der Waals surface area contributed by atoms with E-state index in [1.807, 2.05) is 31.3 Å². The standard InChI is InChI=1S/C26H28N2O3S/c1-17-5-7-22(8-6-17)32(30,31)27-23-4-2-3-21-9-10-28(24(21)23)25(29)26-14-18-11-19(15-26)13-20(12-18)16-26/h2-10,18-20,27H,11-16H2,1H3. The third-order valence-electron chi connectivity index (χ3n) is 8.00. The third kappa shape index (κ3) is 3.11. The number of nitrogens with one attached hydrogen (secondary N) is 1. The fraction of sp³-hybridized carbons (Fsp3) is 0.423. The van der Waals surface area contributed by atoms with Crippen LogP contribution in [0.25, 0.3) is 10.9 Å². The fourth-order valence-corrected chi connectivity index (χ4v) is 8.06. The lowest BCUT2D eigenvalue weighted by atomic mass is 9.49. The van der Waals surface area contributed by atoms with Crippen LogP contribution in [0, 0.1) is 30.1 Å². The van der Waals surface area contributed by atoms with Gasteiger partial charge in [0.25, 0.3) is 10.0 Å². The van der Waals surface area contributed by atoms with E-state index in [0.29, 0.717) is 29.0 Å². The minimum absolute atomic E-state index is 0.147. The molecule has 4 saturated carbocycles. The van der Waals surface area contributed by atoms with E-state index >= 15 is 0 Å². The van der Waals surface area contributed by atoms with Crippen molar-refractivity contribution in [3.63, 3.8) is 0 Å². The predicted molar refractivity (Wildman–Crippen MR) is 125 cm³/mol. The summed E-state index contributed by atoms with van der Waals surface area (Å²) in [6.45, 7) is 1.92. The van der Waals surface area contributed by atoms with Gasteiger partial charge in [-0.05, 0) is 87.5 Å². The number of anilines is 1. The van der Waals surface area contributed by atoms with Crippen LogP contribution in [0.15, 0.2) is 59.6 Å². The lowest BCUT2D eigenvalue weighted by Gasteiger charge is -2.55. The van der Waals surface area contributed by atoms with Crippen LogP contribution in [0.5, 0.6) is 0 Å². The van der Waals surface area contributed by atoms with Crippen LogP contribution in [0.2, 0.25) is 0 Å². The van der Waals surface area contributed by atoms with E-state index in [9.17, 15) is 13.2 Å². The lowest BCUT2D eigenvalue weighted by molar-refractivity contribution is -0.0397. The maximum atomic E-state index is 14.0. The Morgan fingerprint density at radius 3 is 2.19 bits per heavy atom. The number of sulfonamides is 1. The van der Waals surface area contributed by atoms with E-state index in [0.717, 1.165) is 30.2 Å². The van der Waals surface area contributed by atoms with E-state index in [1.165, 1.54) is 19.3 Å². The smallest absolute Gasteiger partial charge is 0.261 e. The van der Waals surface area contributed by atoms with Crippen molar-refractivity contribution in [2.45, 2.75) is 50.3 Å². The molecule has 0 amide bonds. The van der Waals surface area contributed by atoms with Gasteiger partial charge in [-0.3, -0.25) is 14.1 Å². The van der Waals surface area contributed by atoms with E-state index in [-0.39, 0.29) is 16.2 Å². The second kappa shape index (κ2) is 6.95. The van der Waals surface area contributed by atoms with Crippen molar-refractivity contribution < 1.29 is 13.2 Å². The summed E-state index contributed by atoms with van der Waals surface area (Å²) in [6.07, 6.45) is 8.61. The van der Waals surface area contributed by atoms with Gasteiger partial charge >= 0.3 is 0 Å². The van der Waals surface area contributed by atoms with Gasteiger partial charge in [-0.2, -0.15) is 0 Å². The zero-order chi connectivity index (χ0) is 22.1. The second-order valence-electron chi connectivity index (χ2n) is 10.4. The highest BCUT2D eigenvalue weighted by Gasteiger charge is 2.55. The Morgan fingerprint density at radius 2 is 1.56 bits per heavy atom. The SMILES string of the molecule is Cc1ccc(S(=O)(=O)Nc2cccc3ccn(C(=O)C45CC6CC(CC(C6)C4)C5)c23)cc1. The van der Waals surface area contributed by atoms with Crippen molar-refractivity contribution in [1.29, 1.82) is 0 Å². The highest BCUT2D eigenvalue weighted by molar-refractivity contribution is 7.92. The van der Waals surface area contributed by atoms with Gasteiger partial charge in [0.2, 0.25) is 5.91 Å². The van der Waals surface area contributed by atoms with Crippen molar-refractivity contribution in [2.24, 2.45) is 23.2 Å². The van der Waals surface area contributed by atoms with Crippen LogP contribution in [-0.2, 0) is 10.0 Å². The average molecular weight is 449 g/mol. The van der Waals surface area contributed by atoms with Crippen LogP contribution in [0.3, 0.4) is 0 Å². The van der Waals surface area contributed by atoms with Gasteiger partial charge in [-0.25, -0.2) is 8.42 Å². The summed E-state index contributed by atoms with van der Waals surface area (Å²) < 4.78 is 30.6. The van der Waals surface area contributed by atoms with Gasteiger partial charge in [0.05, 0.1) is 21.5 Å². The summed E-state index contributed by atoms with van der Waals surface area (Å²) in [4.78, 5) is 14.2. The molecule has 4 bridgehead atoms. The Labute approximate surface area is 188 Å². The molecule has 6 heteroatoms. The van der Waals surface area contributed by atoms with Crippen molar-refractivity contribution in [2.75, 3.05) is 4.72 Å². The molecule has 166 valence electrons. The Bertz CT molecular complexity index is 1290. The molecule has 5 nitrogen and oxygen atoms in total. The number of nitrogens with zero attached hydrogens (tertiary/aromatic N) is 1. The monoisotopic (exact) mass is 448 g/mol. The summed E-state index contributed by atoms with van der Waals surface area (Å²) in [6, 6.07) is 14.2. The molecule has 1 aromatic heterocycles. The largest absolute Gasteiger partial charge is 0.285 e. The van der Waals surface area contributed by atoms with E-state index in [2.05, 4.69) is 4.72 Å². The zero-order valence-electron chi connectivity index (χ0n) is 18.3. The van der Waals surface area contributed by atoms with Gasteiger partial charge < -0.3 is 0 Å². The molecular formula is C26H28N2O3S. The molecule has 0 radical (unpaired) electrons. The number of benzene rings is 2. The van der Waals surface area contributed by atoms with Gasteiger partial charge in [-0.1, -0.05) is 29.8 Å². The highest BCUT2D eigenvalue weighted by Crippen LogP contribution is 2.60. The van der Waals surface area contributed by atoms with Gasteiger partial charge in [-0.15, -0.1) is 0 Å². The first-order valence-electron chi connectivity index (χ1n) is 11.6. The predicted octanol–water partition coefficient (Wildman–Crippen LogP) is 5.61.